The Labute approximate surface area is 537 Å². The molecule has 0 saturated carbocycles. The lowest BCUT2D eigenvalue weighted by Gasteiger charge is -2.28. The summed E-state index contributed by atoms with van der Waals surface area (Å²) in [6, 6.07) is -10.5. The van der Waals surface area contributed by atoms with Gasteiger partial charge in [0.1, 0.15) is 54.4 Å². The maximum absolute atomic E-state index is 14.4. The Morgan fingerprint density at radius 3 is 0.614 bits per heavy atom. The maximum atomic E-state index is 14.4. The molecule has 0 saturated heterocycles. The lowest BCUT2D eigenvalue weighted by Crippen LogP contribution is -2.61. The van der Waals surface area contributed by atoms with Gasteiger partial charge in [-0.2, -0.15) is 118 Å². The fourth-order valence-corrected chi connectivity index (χ4v) is 12.3. The summed E-state index contributed by atoms with van der Waals surface area (Å²) in [5.41, 5.74) is 6.12. The molecule has 21 nitrogen and oxygen atoms in total. The van der Waals surface area contributed by atoms with Crippen molar-refractivity contribution >= 4 is 177 Å². The molecule has 0 aliphatic carbocycles. The van der Waals surface area contributed by atoms with Crippen LogP contribution in [0.25, 0.3) is 0 Å². The molecule has 83 heavy (non-hydrogen) atoms. The molecule has 31 heteroatoms. The van der Waals surface area contributed by atoms with Crippen LogP contribution in [0.15, 0.2) is 0 Å². The van der Waals surface area contributed by atoms with Gasteiger partial charge in [0.25, 0.3) is 0 Å². The summed E-state index contributed by atoms with van der Waals surface area (Å²) in [6.45, 7) is 1.81. The van der Waals surface area contributed by atoms with Crippen molar-refractivity contribution in [2.24, 2.45) is 5.73 Å². The molecule has 0 radical (unpaired) electrons. The van der Waals surface area contributed by atoms with E-state index in [1.54, 1.807) is 18.7 Å². The molecule has 0 unspecified atom stereocenters. The highest BCUT2D eigenvalue weighted by Crippen LogP contribution is 2.14. The number of nitrogens with one attached hydrogen (secondary N) is 9. The fraction of sp³-hybridized carbons (Fsp3) is 0.808. The predicted molar refractivity (Wildman–Crippen MR) is 362 cm³/mol. The van der Waals surface area contributed by atoms with E-state index >= 15 is 0 Å². The normalized spacial score (nSPS) is 14.8. The van der Waals surface area contributed by atoms with E-state index in [0.717, 1.165) is 0 Å². The molecule has 0 aromatic heterocycles. The summed E-state index contributed by atoms with van der Waals surface area (Å²) in [5.74, 6) is -0.933. The average molecular weight is 1360 g/mol. The number of carbonyl (C=O) groups is 10. The van der Waals surface area contributed by atoms with Gasteiger partial charge < -0.3 is 58.3 Å². The number of amides is 9. The highest BCUT2D eigenvalue weighted by Gasteiger charge is 2.36. The molecule has 0 rings (SSSR count). The Kier molecular flexibility index (Phi) is 50.0. The molecule has 10 atom stereocenters. The molecular formula is C52H96N10O11S10. The van der Waals surface area contributed by atoms with Gasteiger partial charge in [-0.25, -0.2) is 4.79 Å². The Balaban J connectivity index is 6.73. The molecule has 0 spiro atoms. The van der Waals surface area contributed by atoms with Gasteiger partial charge in [-0.05, 0) is 191 Å². The van der Waals surface area contributed by atoms with Gasteiger partial charge in [0.15, 0.2) is 0 Å². The first-order valence-electron chi connectivity index (χ1n) is 27.4. The van der Waals surface area contributed by atoms with E-state index in [-0.39, 0.29) is 51.6 Å². The third-order valence-electron chi connectivity index (χ3n) is 12.4. The zero-order chi connectivity index (χ0) is 62.5. The summed E-state index contributed by atoms with van der Waals surface area (Å²) in [5, 5.41) is 25.4. The molecule has 480 valence electrons. The number of hydrogen-bond acceptors (Lipinski definition) is 22. The van der Waals surface area contributed by atoms with Crippen LogP contribution in [0.1, 0.15) is 71.1 Å². The molecule has 0 fully saturated rings. The van der Waals surface area contributed by atoms with Crippen LogP contribution < -0.4 is 53.6 Å². The van der Waals surface area contributed by atoms with E-state index in [0.29, 0.717) is 76.8 Å². The summed E-state index contributed by atoms with van der Waals surface area (Å²) in [6.07, 6.45) is 21.0. The van der Waals surface area contributed by atoms with Crippen molar-refractivity contribution in [1.82, 2.24) is 47.9 Å². The van der Waals surface area contributed by atoms with Gasteiger partial charge in [0, 0.05) is 0 Å². The lowest BCUT2D eigenvalue weighted by molar-refractivity contribution is -0.147. The number of esters is 1. The number of thioether (sulfide) groups is 10. The molecule has 0 aliphatic heterocycles. The minimum atomic E-state index is -1.16. The molecule has 0 heterocycles. The Morgan fingerprint density at radius 1 is 0.277 bits per heavy atom. The van der Waals surface area contributed by atoms with Crippen molar-refractivity contribution in [3.63, 3.8) is 0 Å². The second kappa shape index (κ2) is 51.1. The van der Waals surface area contributed by atoms with E-state index in [2.05, 4.69) is 47.9 Å². The van der Waals surface area contributed by atoms with Crippen molar-refractivity contribution in [1.29, 1.82) is 0 Å². The van der Waals surface area contributed by atoms with Crippen molar-refractivity contribution < 1.29 is 52.7 Å². The Morgan fingerprint density at radius 2 is 0.434 bits per heavy atom. The van der Waals surface area contributed by atoms with Gasteiger partial charge in [0.2, 0.25) is 53.2 Å². The van der Waals surface area contributed by atoms with Crippen LogP contribution in [-0.4, -0.2) is 246 Å². The minimum absolute atomic E-state index is 0.133. The molecule has 0 aromatic carbocycles. The van der Waals surface area contributed by atoms with Crippen molar-refractivity contribution in [2.75, 3.05) is 127 Å². The third kappa shape index (κ3) is 35.7. The van der Waals surface area contributed by atoms with Crippen LogP contribution in [0.2, 0.25) is 0 Å². The summed E-state index contributed by atoms with van der Waals surface area (Å²) in [7, 11) is 0. The predicted octanol–water partition coefficient (Wildman–Crippen LogP) is 2.77. The molecule has 11 N–H and O–H groups in total. The average Bonchev–Trinajstić information content (AvgIpc) is 3.50. The second-order valence-corrected chi connectivity index (χ2v) is 28.6. The van der Waals surface area contributed by atoms with E-state index in [9.17, 15) is 47.9 Å². The first-order valence-corrected chi connectivity index (χ1v) is 41.3. The van der Waals surface area contributed by atoms with E-state index in [1.807, 2.05) is 62.6 Å². The largest absolute Gasteiger partial charge is 0.464 e. The van der Waals surface area contributed by atoms with Gasteiger partial charge >= 0.3 is 5.97 Å². The van der Waals surface area contributed by atoms with Crippen LogP contribution in [0.4, 0.5) is 0 Å². The van der Waals surface area contributed by atoms with Crippen molar-refractivity contribution in [3.8, 4) is 0 Å². The first-order chi connectivity index (χ1) is 39.8. The van der Waals surface area contributed by atoms with Crippen LogP contribution in [0.5, 0.6) is 0 Å². The molecule has 0 aromatic rings. The van der Waals surface area contributed by atoms with Gasteiger partial charge in [0.05, 0.1) is 12.6 Å². The van der Waals surface area contributed by atoms with Crippen molar-refractivity contribution in [3.05, 3.63) is 0 Å². The topological polar surface area (TPSA) is 314 Å². The summed E-state index contributed by atoms with van der Waals surface area (Å²) in [4.78, 5) is 139. The minimum Gasteiger partial charge on any atom is -0.464 e. The van der Waals surface area contributed by atoms with Crippen LogP contribution >= 0.6 is 118 Å². The summed E-state index contributed by atoms with van der Waals surface area (Å²) >= 11 is 14.8. The zero-order valence-electron chi connectivity index (χ0n) is 50.3. The molecule has 0 bridgehead atoms. The number of nitrogens with two attached hydrogens (primary N) is 1. The zero-order valence-corrected chi connectivity index (χ0v) is 58.4. The molecular weight excluding hydrogens is 1260 g/mol. The molecule has 9 amide bonds. The number of hydrogen-bond donors (Lipinski definition) is 10. The van der Waals surface area contributed by atoms with Crippen LogP contribution in [0, 0.1) is 0 Å². The van der Waals surface area contributed by atoms with E-state index in [1.165, 1.54) is 106 Å². The SMILES string of the molecule is CCOC(=O)[C@H](CCSC)NC(=O)[C@H](CCSC)NC(=O)[C@H](CCSC)NC(=O)[C@H](CCSC)NC(=O)[C@H](CCSC)NC(=O)[C@H](CCSC)NC(=O)[C@H](CCSC)NC(=O)[C@H](CCSC)NC(=O)[C@H](CCSC)NC(=O)[C@@H](N)CCSC. The smallest absolute Gasteiger partial charge is 0.328 e. The monoisotopic (exact) mass is 1360 g/mol. The van der Waals surface area contributed by atoms with Crippen LogP contribution in [0.3, 0.4) is 0 Å². The van der Waals surface area contributed by atoms with Gasteiger partial charge in [-0.15, -0.1) is 0 Å². The highest BCUT2D eigenvalue weighted by atomic mass is 32.2. The number of rotatable bonds is 50. The summed E-state index contributed by atoms with van der Waals surface area (Å²) < 4.78 is 5.21. The Bertz CT molecular complexity index is 1930. The van der Waals surface area contributed by atoms with Crippen molar-refractivity contribution in [2.45, 2.75) is 132 Å². The van der Waals surface area contributed by atoms with E-state index in [4.69, 9.17) is 10.5 Å². The van der Waals surface area contributed by atoms with Gasteiger partial charge in [-0.3, -0.25) is 43.2 Å². The second-order valence-electron chi connectivity index (χ2n) is 18.7. The lowest BCUT2D eigenvalue weighted by atomic mass is 10.1. The third-order valence-corrected chi connectivity index (χ3v) is 18.9. The van der Waals surface area contributed by atoms with Gasteiger partial charge in [-0.1, -0.05) is 0 Å². The molecule has 0 aliphatic rings. The first kappa shape index (κ1) is 81.2. The quantitative estimate of drug-likeness (QED) is 0.0392. The van der Waals surface area contributed by atoms with E-state index < -0.39 is 120 Å². The number of ether oxygens (including phenoxy) is 1. The fourth-order valence-electron chi connectivity index (χ4n) is 7.60. The standard InChI is InChI=1S/C52H96N10O11S10/c1-12-73-52(72)42(22-32-83-11)62-51(71)41(21-31-82-10)61-50(70)40(20-30-81-9)60-49(69)39(19-29-80-8)59-48(68)38(18-28-79-7)58-47(67)37(17-27-78-6)57-46(66)36(16-26-77-5)56-45(65)35(15-25-76-4)55-44(64)34(14-24-75-3)54-43(63)33(53)13-23-74-2/h33-42H,12-32,53H2,1-11H3,(H,54,63)(H,55,64)(H,56,65)(H,57,66)(H,58,67)(H,59,68)(H,60,69)(H,61,70)(H,62,71)/t33-,34-,35-,36-,37-,38-,39-,40-,41-,42-/m0/s1. The Hall–Kier alpha value is -1.84. The maximum Gasteiger partial charge on any atom is 0.328 e. The van der Waals surface area contributed by atoms with Crippen LogP contribution in [-0.2, 0) is 52.7 Å². The number of carbonyl (C=O) groups excluding carboxylic acids is 10. The highest BCUT2D eigenvalue weighted by molar-refractivity contribution is 8.00.